The molecule has 0 unspecified atom stereocenters. The Morgan fingerprint density at radius 3 is 2.76 bits per heavy atom. The molecule has 0 aliphatic heterocycles. The minimum absolute atomic E-state index is 0.0835. The van der Waals surface area contributed by atoms with Crippen LogP contribution >= 0.6 is 0 Å². The quantitative estimate of drug-likeness (QED) is 0.476. The largest absolute Gasteiger partial charge is 0.433 e. The van der Waals surface area contributed by atoms with Crippen molar-refractivity contribution in [2.24, 2.45) is 0 Å². The van der Waals surface area contributed by atoms with E-state index in [4.69, 9.17) is 0 Å². The van der Waals surface area contributed by atoms with E-state index in [2.05, 4.69) is 25.6 Å². The standard InChI is InChI=1S/C23H21F3N6O/c24-23(25,26)20-12-18(16-7-1-2-8-17(16)31-20)29-14-5-3-6-15(11-14)30-21(33)19-13-28-22-27-9-4-10-32(19)22/h1-2,4,7-10,12-15H,3,5-6,11H2,(H,29,31)(H,30,33)/t14-,15+/m0/s1. The van der Waals surface area contributed by atoms with E-state index >= 15 is 0 Å². The number of aromatic nitrogens is 4. The van der Waals surface area contributed by atoms with Gasteiger partial charge in [0.15, 0.2) is 0 Å². The molecule has 1 aliphatic rings. The predicted octanol–water partition coefficient (Wildman–Crippen LogP) is 4.45. The lowest BCUT2D eigenvalue weighted by Gasteiger charge is -2.31. The van der Waals surface area contributed by atoms with E-state index in [-0.39, 0.29) is 23.5 Å². The minimum Gasteiger partial charge on any atom is -0.382 e. The number of nitrogens with zero attached hydrogens (tertiary/aromatic N) is 4. The summed E-state index contributed by atoms with van der Waals surface area (Å²) >= 11 is 0. The van der Waals surface area contributed by atoms with Crippen molar-refractivity contribution in [1.82, 2.24) is 24.7 Å². The highest BCUT2D eigenvalue weighted by molar-refractivity contribution is 5.93. The summed E-state index contributed by atoms with van der Waals surface area (Å²) < 4.78 is 41.7. The van der Waals surface area contributed by atoms with Gasteiger partial charge in [-0.2, -0.15) is 13.2 Å². The molecule has 3 aromatic heterocycles. The third-order valence-electron chi connectivity index (χ3n) is 5.90. The summed E-state index contributed by atoms with van der Waals surface area (Å²) in [5, 5.41) is 6.96. The number of imidazole rings is 1. The first-order chi connectivity index (χ1) is 15.9. The Morgan fingerprint density at radius 2 is 1.91 bits per heavy atom. The lowest BCUT2D eigenvalue weighted by molar-refractivity contribution is -0.140. The fraction of sp³-hybridized carbons (Fsp3) is 0.304. The summed E-state index contributed by atoms with van der Waals surface area (Å²) in [4.78, 5) is 24.9. The Labute approximate surface area is 187 Å². The molecule has 0 bridgehead atoms. The van der Waals surface area contributed by atoms with E-state index in [1.165, 1.54) is 6.20 Å². The van der Waals surface area contributed by atoms with Crippen LogP contribution in [0.3, 0.4) is 0 Å². The molecule has 5 rings (SSSR count). The highest BCUT2D eigenvalue weighted by Crippen LogP contribution is 2.34. The van der Waals surface area contributed by atoms with Crippen molar-refractivity contribution in [3.05, 3.63) is 66.4 Å². The van der Waals surface area contributed by atoms with Gasteiger partial charge in [-0.15, -0.1) is 0 Å². The van der Waals surface area contributed by atoms with Crippen molar-refractivity contribution in [3.8, 4) is 0 Å². The van der Waals surface area contributed by atoms with E-state index < -0.39 is 11.9 Å². The molecule has 0 spiro atoms. The molecule has 170 valence electrons. The monoisotopic (exact) mass is 454 g/mol. The second kappa shape index (κ2) is 8.34. The highest BCUT2D eigenvalue weighted by Gasteiger charge is 2.34. The van der Waals surface area contributed by atoms with Crippen LogP contribution in [0.4, 0.5) is 18.9 Å². The zero-order valence-electron chi connectivity index (χ0n) is 17.5. The number of alkyl halides is 3. The van der Waals surface area contributed by atoms with Gasteiger partial charge in [0.05, 0.1) is 11.7 Å². The fourth-order valence-electron chi connectivity index (χ4n) is 4.37. The van der Waals surface area contributed by atoms with Gasteiger partial charge in [0.2, 0.25) is 5.78 Å². The first kappa shape index (κ1) is 21.2. The van der Waals surface area contributed by atoms with Gasteiger partial charge >= 0.3 is 6.18 Å². The maximum absolute atomic E-state index is 13.4. The van der Waals surface area contributed by atoms with Crippen LogP contribution in [0.25, 0.3) is 16.7 Å². The van der Waals surface area contributed by atoms with Crippen LogP contribution in [0.15, 0.2) is 55.0 Å². The number of rotatable bonds is 4. The van der Waals surface area contributed by atoms with Gasteiger partial charge in [0.25, 0.3) is 5.91 Å². The second-order valence-electron chi connectivity index (χ2n) is 8.18. The Morgan fingerprint density at radius 1 is 1.09 bits per heavy atom. The maximum Gasteiger partial charge on any atom is 0.433 e. The van der Waals surface area contributed by atoms with Crippen LogP contribution < -0.4 is 10.6 Å². The highest BCUT2D eigenvalue weighted by atomic mass is 19.4. The molecule has 2 atom stereocenters. The molecular formula is C23H21F3N6O. The molecule has 0 radical (unpaired) electrons. The summed E-state index contributed by atoms with van der Waals surface area (Å²) in [5.74, 6) is 0.186. The third-order valence-corrected chi connectivity index (χ3v) is 5.90. The van der Waals surface area contributed by atoms with E-state index in [0.717, 1.165) is 25.3 Å². The Kier molecular flexibility index (Phi) is 5.35. The number of hydrogen-bond donors (Lipinski definition) is 2. The molecular weight excluding hydrogens is 433 g/mol. The molecule has 0 saturated heterocycles. The van der Waals surface area contributed by atoms with E-state index in [0.29, 0.717) is 29.0 Å². The smallest absolute Gasteiger partial charge is 0.382 e. The molecule has 3 heterocycles. The van der Waals surface area contributed by atoms with E-state index in [9.17, 15) is 18.0 Å². The lowest BCUT2D eigenvalue weighted by atomic mass is 9.90. The minimum atomic E-state index is -4.54. The number of benzene rings is 1. The Hall–Kier alpha value is -3.69. The van der Waals surface area contributed by atoms with Gasteiger partial charge in [-0.25, -0.2) is 15.0 Å². The first-order valence-corrected chi connectivity index (χ1v) is 10.7. The van der Waals surface area contributed by atoms with Gasteiger partial charge in [-0.3, -0.25) is 9.20 Å². The van der Waals surface area contributed by atoms with Crippen LogP contribution in [0.5, 0.6) is 0 Å². The lowest BCUT2D eigenvalue weighted by Crippen LogP contribution is -2.42. The van der Waals surface area contributed by atoms with Gasteiger partial charge < -0.3 is 10.6 Å². The van der Waals surface area contributed by atoms with Crippen molar-refractivity contribution in [2.75, 3.05) is 5.32 Å². The average molecular weight is 454 g/mol. The molecule has 7 nitrogen and oxygen atoms in total. The third kappa shape index (κ3) is 4.33. The number of para-hydroxylation sites is 1. The van der Waals surface area contributed by atoms with Crippen molar-refractivity contribution in [3.63, 3.8) is 0 Å². The zero-order chi connectivity index (χ0) is 23.0. The number of carbonyl (C=O) groups excluding carboxylic acids is 1. The molecule has 33 heavy (non-hydrogen) atoms. The number of hydrogen-bond acceptors (Lipinski definition) is 5. The molecule has 10 heteroatoms. The molecule has 4 aromatic rings. The Balaban J connectivity index is 1.33. The number of nitrogens with one attached hydrogen (secondary N) is 2. The van der Waals surface area contributed by atoms with E-state index in [1.54, 1.807) is 47.1 Å². The first-order valence-electron chi connectivity index (χ1n) is 10.7. The van der Waals surface area contributed by atoms with Crippen LogP contribution in [-0.2, 0) is 6.18 Å². The maximum atomic E-state index is 13.4. The second-order valence-corrected chi connectivity index (χ2v) is 8.18. The van der Waals surface area contributed by atoms with Crippen LogP contribution in [-0.4, -0.2) is 37.3 Å². The molecule has 1 fully saturated rings. The van der Waals surface area contributed by atoms with Crippen LogP contribution in [0.2, 0.25) is 0 Å². The number of carbonyl (C=O) groups is 1. The Bertz CT molecular complexity index is 1320. The topological polar surface area (TPSA) is 84.2 Å². The molecule has 1 aliphatic carbocycles. The summed E-state index contributed by atoms with van der Waals surface area (Å²) in [6.07, 6.45) is 3.31. The van der Waals surface area contributed by atoms with Crippen molar-refractivity contribution in [1.29, 1.82) is 0 Å². The van der Waals surface area contributed by atoms with Gasteiger partial charge in [0, 0.05) is 35.6 Å². The number of anilines is 1. The van der Waals surface area contributed by atoms with Crippen LogP contribution in [0, 0.1) is 0 Å². The van der Waals surface area contributed by atoms with Crippen molar-refractivity contribution >= 4 is 28.3 Å². The van der Waals surface area contributed by atoms with Crippen LogP contribution in [0.1, 0.15) is 41.9 Å². The number of fused-ring (bicyclic) bond motifs is 2. The zero-order valence-corrected chi connectivity index (χ0v) is 17.5. The van der Waals surface area contributed by atoms with Crippen molar-refractivity contribution < 1.29 is 18.0 Å². The number of halogens is 3. The van der Waals surface area contributed by atoms with Crippen molar-refractivity contribution in [2.45, 2.75) is 43.9 Å². The average Bonchev–Trinajstić information content (AvgIpc) is 3.23. The molecule has 1 amide bonds. The molecule has 2 N–H and O–H groups in total. The molecule has 1 saturated carbocycles. The summed E-state index contributed by atoms with van der Waals surface area (Å²) in [6, 6.07) is 9.37. The predicted molar refractivity (Wildman–Crippen MR) is 117 cm³/mol. The summed E-state index contributed by atoms with van der Waals surface area (Å²) in [5.41, 5.74) is 0.156. The van der Waals surface area contributed by atoms with Gasteiger partial charge in [-0.05, 0) is 43.9 Å². The van der Waals surface area contributed by atoms with Gasteiger partial charge in [-0.1, -0.05) is 18.2 Å². The molecule has 1 aromatic carbocycles. The SMILES string of the molecule is O=C(N[C@@H]1CCC[C@H](Nc2cc(C(F)(F)F)nc3ccccc23)C1)c1cnc2ncccn12. The summed E-state index contributed by atoms with van der Waals surface area (Å²) in [7, 11) is 0. The fourth-order valence-corrected chi connectivity index (χ4v) is 4.37. The normalized spacial score (nSPS) is 19.0. The van der Waals surface area contributed by atoms with E-state index in [1.807, 2.05) is 0 Å². The number of amides is 1. The number of pyridine rings is 1. The summed E-state index contributed by atoms with van der Waals surface area (Å²) in [6.45, 7) is 0. The van der Waals surface area contributed by atoms with Gasteiger partial charge in [0.1, 0.15) is 11.4 Å².